The second kappa shape index (κ2) is 10.3. The molecule has 0 aliphatic heterocycles. The molecular formula is C17H21N2NaO7S3. The molecule has 1 atom stereocenters. The third-order valence-corrected chi connectivity index (χ3v) is 8.53. The monoisotopic (exact) mass is 484 g/mol. The van der Waals surface area contributed by atoms with Crippen LogP contribution < -0.4 is 40.0 Å². The Labute approximate surface area is 200 Å². The van der Waals surface area contributed by atoms with Gasteiger partial charge in [-0.25, -0.2) is 22.0 Å². The van der Waals surface area contributed by atoms with E-state index < -0.39 is 40.7 Å². The first-order chi connectivity index (χ1) is 13.6. The maximum Gasteiger partial charge on any atom is 1.00 e. The van der Waals surface area contributed by atoms with Crippen molar-refractivity contribution in [3.05, 3.63) is 36.3 Å². The van der Waals surface area contributed by atoms with Crippen molar-refractivity contribution in [3.63, 3.8) is 0 Å². The SMILES string of the molecule is NS(=O)(=O)c1cc(S(=O)(=O)[O-])c(NCc2ccco2)cc1S(=O)C1CCCCC1.[Na+]. The van der Waals surface area contributed by atoms with E-state index in [1.54, 1.807) is 12.1 Å². The van der Waals surface area contributed by atoms with Gasteiger partial charge in [0.25, 0.3) is 0 Å². The van der Waals surface area contributed by atoms with Crippen LogP contribution >= 0.6 is 0 Å². The molecule has 0 spiro atoms. The van der Waals surface area contributed by atoms with Crippen LogP contribution in [-0.4, -0.2) is 30.8 Å². The van der Waals surface area contributed by atoms with Gasteiger partial charge in [0.15, 0.2) is 0 Å². The van der Waals surface area contributed by atoms with E-state index in [4.69, 9.17) is 9.56 Å². The van der Waals surface area contributed by atoms with Crippen LogP contribution in [0.2, 0.25) is 0 Å². The number of furan rings is 1. The minimum absolute atomic E-state index is 0. The van der Waals surface area contributed by atoms with E-state index in [1.165, 1.54) is 6.26 Å². The molecule has 2 aromatic rings. The van der Waals surface area contributed by atoms with E-state index in [-0.39, 0.29) is 51.9 Å². The quantitative estimate of drug-likeness (QED) is 0.369. The van der Waals surface area contributed by atoms with Crippen molar-refractivity contribution >= 4 is 36.6 Å². The normalized spacial score (nSPS) is 16.6. The van der Waals surface area contributed by atoms with Crippen molar-refractivity contribution in [2.24, 2.45) is 5.14 Å². The molecule has 0 amide bonds. The van der Waals surface area contributed by atoms with Crippen LogP contribution in [0.15, 0.2) is 49.6 Å². The van der Waals surface area contributed by atoms with Gasteiger partial charge < -0.3 is 14.3 Å². The summed E-state index contributed by atoms with van der Waals surface area (Å²) in [5.74, 6) is 0.463. The first-order valence-electron chi connectivity index (χ1n) is 8.91. The molecule has 1 aliphatic carbocycles. The molecule has 1 saturated carbocycles. The molecule has 1 heterocycles. The van der Waals surface area contributed by atoms with Gasteiger partial charge in [-0.3, -0.25) is 4.21 Å². The van der Waals surface area contributed by atoms with Crippen molar-refractivity contribution in [2.75, 3.05) is 5.32 Å². The summed E-state index contributed by atoms with van der Waals surface area (Å²) in [5.41, 5.74) is -0.150. The van der Waals surface area contributed by atoms with Crippen molar-refractivity contribution in [2.45, 2.75) is 58.6 Å². The molecule has 0 bridgehead atoms. The van der Waals surface area contributed by atoms with Crippen LogP contribution in [0.25, 0.3) is 0 Å². The number of sulfonamides is 1. The molecule has 13 heteroatoms. The molecule has 0 saturated heterocycles. The summed E-state index contributed by atoms with van der Waals surface area (Å²) in [6.45, 7) is 0.0414. The van der Waals surface area contributed by atoms with Crippen molar-refractivity contribution in [1.29, 1.82) is 0 Å². The minimum atomic E-state index is -5.04. The molecule has 3 N–H and O–H groups in total. The molecule has 1 aliphatic rings. The standard InChI is InChI=1S/C17H22N2O7S3.Na/c18-28(21,22)17-10-16(29(23,24)25)14(19-11-12-5-4-8-26-12)9-15(17)27(20)13-6-2-1-3-7-13;/h4-5,8-10,13,19H,1-3,6-7,11H2,(H2,18,21,22)(H,23,24,25);/q;+1/p-1. The Morgan fingerprint density at radius 3 is 2.33 bits per heavy atom. The first-order valence-corrected chi connectivity index (χ1v) is 13.1. The Bertz CT molecular complexity index is 1110. The van der Waals surface area contributed by atoms with Gasteiger partial charge in [0.1, 0.15) is 15.9 Å². The Hall–Kier alpha value is -0.730. The molecule has 1 fully saturated rings. The molecule has 1 unspecified atom stereocenters. The molecule has 30 heavy (non-hydrogen) atoms. The predicted octanol–water partition coefficient (Wildman–Crippen LogP) is -1.11. The summed E-state index contributed by atoms with van der Waals surface area (Å²) in [5, 5.41) is 7.73. The maximum absolute atomic E-state index is 13.1. The maximum atomic E-state index is 13.1. The van der Waals surface area contributed by atoms with Gasteiger partial charge in [-0.1, -0.05) is 19.3 Å². The van der Waals surface area contributed by atoms with Crippen molar-refractivity contribution in [1.82, 2.24) is 0 Å². The zero-order valence-corrected chi connectivity index (χ0v) is 20.8. The predicted molar refractivity (Wildman–Crippen MR) is 105 cm³/mol. The van der Waals surface area contributed by atoms with E-state index in [9.17, 15) is 25.6 Å². The van der Waals surface area contributed by atoms with E-state index in [0.29, 0.717) is 24.7 Å². The topological polar surface area (TPSA) is 160 Å². The van der Waals surface area contributed by atoms with Crippen molar-refractivity contribution in [3.8, 4) is 0 Å². The Morgan fingerprint density at radius 2 is 1.80 bits per heavy atom. The Balaban J connectivity index is 0.00000320. The smallest absolute Gasteiger partial charge is 0.744 e. The number of primary sulfonamides is 1. The molecule has 1 aromatic carbocycles. The van der Waals surface area contributed by atoms with Crippen LogP contribution in [-0.2, 0) is 37.5 Å². The molecular weight excluding hydrogens is 463 g/mol. The number of hydrogen-bond donors (Lipinski definition) is 2. The van der Waals surface area contributed by atoms with Gasteiger partial charge >= 0.3 is 29.6 Å². The third-order valence-electron chi connectivity index (χ3n) is 4.73. The minimum Gasteiger partial charge on any atom is -0.744 e. The fourth-order valence-electron chi connectivity index (χ4n) is 3.32. The average Bonchev–Trinajstić information content (AvgIpc) is 3.18. The zero-order chi connectivity index (χ0) is 21.2. The van der Waals surface area contributed by atoms with Crippen LogP contribution in [0.3, 0.4) is 0 Å². The summed E-state index contributed by atoms with van der Waals surface area (Å²) >= 11 is 0. The number of rotatable bonds is 7. The Kier molecular flexibility index (Phi) is 8.73. The van der Waals surface area contributed by atoms with E-state index >= 15 is 0 Å². The van der Waals surface area contributed by atoms with Gasteiger partial charge in [-0.2, -0.15) is 0 Å². The number of nitrogens with one attached hydrogen (secondary N) is 1. The summed E-state index contributed by atoms with van der Waals surface area (Å²) in [6.07, 6.45) is 5.51. The zero-order valence-electron chi connectivity index (χ0n) is 16.4. The number of benzene rings is 1. The largest absolute Gasteiger partial charge is 1.00 e. The molecule has 160 valence electrons. The fourth-order valence-corrected chi connectivity index (χ4v) is 6.89. The van der Waals surface area contributed by atoms with Crippen LogP contribution in [0, 0.1) is 0 Å². The van der Waals surface area contributed by atoms with Gasteiger partial charge in [-0.05, 0) is 37.1 Å². The van der Waals surface area contributed by atoms with Gasteiger partial charge in [-0.15, -0.1) is 0 Å². The molecule has 1 aromatic heterocycles. The summed E-state index contributed by atoms with van der Waals surface area (Å²) < 4.78 is 77.7. The van der Waals surface area contributed by atoms with Crippen LogP contribution in [0.1, 0.15) is 37.9 Å². The van der Waals surface area contributed by atoms with Crippen molar-refractivity contribution < 1.29 is 59.6 Å². The van der Waals surface area contributed by atoms with Crippen LogP contribution in [0.5, 0.6) is 0 Å². The number of nitrogens with two attached hydrogens (primary N) is 1. The van der Waals surface area contributed by atoms with Crippen LogP contribution in [0.4, 0.5) is 5.69 Å². The van der Waals surface area contributed by atoms with E-state index in [0.717, 1.165) is 25.3 Å². The molecule has 0 radical (unpaired) electrons. The van der Waals surface area contributed by atoms with E-state index in [1.807, 2.05) is 0 Å². The Morgan fingerprint density at radius 1 is 1.13 bits per heavy atom. The van der Waals surface area contributed by atoms with Gasteiger partial charge in [0.2, 0.25) is 10.0 Å². The van der Waals surface area contributed by atoms with Gasteiger partial charge in [0.05, 0.1) is 44.0 Å². The summed E-state index contributed by atoms with van der Waals surface area (Å²) in [6, 6.07) is 5.10. The average molecular weight is 485 g/mol. The fraction of sp³-hybridized carbons (Fsp3) is 0.412. The summed E-state index contributed by atoms with van der Waals surface area (Å²) in [4.78, 5) is -1.49. The molecule has 9 nitrogen and oxygen atoms in total. The van der Waals surface area contributed by atoms with E-state index in [2.05, 4.69) is 5.32 Å². The second-order valence-corrected chi connectivity index (χ2v) is 11.4. The summed E-state index contributed by atoms with van der Waals surface area (Å²) in [7, 11) is -11.2. The second-order valence-electron chi connectivity index (χ2n) is 6.78. The third kappa shape index (κ3) is 6.16. The number of hydrogen-bond acceptors (Lipinski definition) is 8. The number of anilines is 1. The first kappa shape index (κ1) is 25.5. The molecule has 3 rings (SSSR count). The van der Waals surface area contributed by atoms with Gasteiger partial charge in [0, 0.05) is 5.25 Å².